The molecule has 0 unspecified atom stereocenters. The normalized spacial score (nSPS) is 11.7. The molecule has 0 aliphatic carbocycles. The number of rotatable bonds is 2. The fourth-order valence-electron chi connectivity index (χ4n) is 1.21. The molecule has 0 atom stereocenters. The number of nitrogens with zero attached hydrogens (tertiary/aromatic N) is 1. The molecule has 2 aromatic rings. The molecule has 0 aliphatic heterocycles. The second-order valence-electron chi connectivity index (χ2n) is 2.93. The highest BCUT2D eigenvalue weighted by Crippen LogP contribution is 2.30. The molecule has 0 bridgehead atoms. The maximum Gasteiger partial charge on any atom is 0.136 e. The predicted molar refractivity (Wildman–Crippen MR) is 62.0 cm³/mol. The molecule has 0 aromatic carbocycles. The van der Waals surface area contributed by atoms with Gasteiger partial charge in [-0.1, -0.05) is 6.07 Å². The molecule has 0 N–H and O–H groups in total. The van der Waals surface area contributed by atoms with Gasteiger partial charge in [0.15, 0.2) is 0 Å². The van der Waals surface area contributed by atoms with Gasteiger partial charge in [-0.3, -0.25) is 4.98 Å². The Labute approximate surface area is 91.9 Å². The number of hydrogen-bond donors (Lipinski definition) is 0. The van der Waals surface area contributed by atoms with Crippen LogP contribution in [0.25, 0.3) is 16.4 Å². The van der Waals surface area contributed by atoms with Crippen molar-refractivity contribution in [3.8, 4) is 10.6 Å². The fraction of sp³-hybridized carbons (Fsp3) is 0. The lowest BCUT2D eigenvalue weighted by molar-refractivity contribution is 0.764. The van der Waals surface area contributed by atoms with E-state index in [-0.39, 0.29) is 5.83 Å². The Morgan fingerprint density at radius 3 is 2.87 bits per heavy atom. The summed E-state index contributed by atoms with van der Waals surface area (Å²) in [6.45, 7) is 3.40. The van der Waals surface area contributed by atoms with Crippen molar-refractivity contribution in [3.63, 3.8) is 0 Å². The fourth-order valence-corrected chi connectivity index (χ4v) is 2.13. The van der Waals surface area contributed by atoms with Crippen molar-refractivity contribution in [1.29, 1.82) is 0 Å². The Bertz CT molecular complexity index is 473. The monoisotopic (exact) mass is 218 g/mol. The highest BCUT2D eigenvalue weighted by molar-refractivity contribution is 7.16. The smallest absolute Gasteiger partial charge is 0.136 e. The molecular formula is C12H9FNS. The summed E-state index contributed by atoms with van der Waals surface area (Å²) in [5, 5.41) is 0. The van der Waals surface area contributed by atoms with Crippen molar-refractivity contribution in [1.82, 2.24) is 4.98 Å². The van der Waals surface area contributed by atoms with E-state index in [4.69, 9.17) is 0 Å². The predicted octanol–water partition coefficient (Wildman–Crippen LogP) is 3.95. The van der Waals surface area contributed by atoms with E-state index in [0.29, 0.717) is 4.88 Å². The van der Waals surface area contributed by atoms with Gasteiger partial charge in [0, 0.05) is 6.20 Å². The second-order valence-corrected chi connectivity index (χ2v) is 4.01. The molecule has 0 spiro atoms. The first-order valence-electron chi connectivity index (χ1n) is 4.48. The van der Waals surface area contributed by atoms with E-state index in [9.17, 15) is 4.39 Å². The van der Waals surface area contributed by atoms with E-state index in [2.05, 4.69) is 11.9 Å². The van der Waals surface area contributed by atoms with Crippen LogP contribution in [0.4, 0.5) is 4.39 Å². The van der Waals surface area contributed by atoms with Crippen molar-refractivity contribution >= 4 is 17.2 Å². The summed E-state index contributed by atoms with van der Waals surface area (Å²) < 4.78 is 13.2. The number of hydrogen-bond acceptors (Lipinski definition) is 2. The summed E-state index contributed by atoms with van der Waals surface area (Å²) in [6.07, 6.45) is 2.94. The van der Waals surface area contributed by atoms with Crippen molar-refractivity contribution in [2.24, 2.45) is 0 Å². The summed E-state index contributed by atoms with van der Waals surface area (Å²) >= 11 is 1.37. The standard InChI is InChI=1S/C12H9FNS/c1-2-9(13)11-6-7-12(15-11)10-5-3-4-8-14-10/h2-8H,1H2/b9-2+. The molecule has 15 heavy (non-hydrogen) atoms. The summed E-state index contributed by atoms with van der Waals surface area (Å²) in [6, 6.07) is 9.28. The van der Waals surface area contributed by atoms with Crippen LogP contribution in [0, 0.1) is 6.92 Å². The lowest BCUT2D eigenvalue weighted by atomic mass is 10.3. The highest BCUT2D eigenvalue weighted by Gasteiger charge is 2.06. The van der Waals surface area contributed by atoms with Crippen molar-refractivity contribution in [3.05, 3.63) is 54.4 Å². The minimum atomic E-state index is -0.290. The number of thiophene rings is 1. The van der Waals surface area contributed by atoms with Gasteiger partial charge in [-0.25, -0.2) is 4.39 Å². The maximum atomic E-state index is 13.2. The molecule has 0 fully saturated rings. The van der Waals surface area contributed by atoms with Crippen LogP contribution in [0.5, 0.6) is 0 Å². The Balaban J connectivity index is 2.36. The van der Waals surface area contributed by atoms with Crippen LogP contribution in [0.15, 0.2) is 42.6 Å². The molecule has 1 nitrogen and oxygen atoms in total. The molecule has 0 amide bonds. The molecule has 2 aromatic heterocycles. The third kappa shape index (κ3) is 2.13. The number of pyridine rings is 1. The molecular weight excluding hydrogens is 209 g/mol. The lowest BCUT2D eigenvalue weighted by Gasteiger charge is -1.93. The minimum absolute atomic E-state index is 0.290. The molecule has 1 radical (unpaired) electrons. The molecule has 0 saturated heterocycles. The van der Waals surface area contributed by atoms with E-state index in [1.54, 1.807) is 12.3 Å². The highest BCUT2D eigenvalue weighted by atomic mass is 32.1. The molecule has 0 saturated carbocycles. The van der Waals surface area contributed by atoms with Gasteiger partial charge in [0.2, 0.25) is 0 Å². The average Bonchev–Trinajstić information content (AvgIpc) is 2.78. The van der Waals surface area contributed by atoms with Crippen molar-refractivity contribution in [2.45, 2.75) is 0 Å². The molecule has 3 heteroatoms. The first-order chi connectivity index (χ1) is 7.31. The number of aromatic nitrogens is 1. The first kappa shape index (κ1) is 10.1. The maximum absolute atomic E-state index is 13.2. The minimum Gasteiger partial charge on any atom is -0.255 e. The van der Waals surface area contributed by atoms with Crippen LogP contribution in [-0.4, -0.2) is 4.98 Å². The van der Waals surface area contributed by atoms with Gasteiger partial charge in [0.1, 0.15) is 5.83 Å². The van der Waals surface area contributed by atoms with Gasteiger partial charge in [-0.15, -0.1) is 11.3 Å². The zero-order valence-electron chi connectivity index (χ0n) is 7.98. The van der Waals surface area contributed by atoms with Gasteiger partial charge in [0.05, 0.1) is 15.4 Å². The summed E-state index contributed by atoms with van der Waals surface area (Å²) in [5.74, 6) is -0.290. The van der Waals surface area contributed by atoms with E-state index in [1.807, 2.05) is 24.3 Å². The van der Waals surface area contributed by atoms with Crippen LogP contribution in [-0.2, 0) is 0 Å². The second kappa shape index (κ2) is 4.36. The number of allylic oxidation sites excluding steroid dienone is 1. The van der Waals surface area contributed by atoms with Gasteiger partial charge < -0.3 is 0 Å². The molecule has 2 heterocycles. The Hall–Kier alpha value is -1.48. The van der Waals surface area contributed by atoms with Crippen LogP contribution in [0.3, 0.4) is 0 Å². The van der Waals surface area contributed by atoms with E-state index < -0.39 is 0 Å². The third-order valence-corrected chi connectivity index (χ3v) is 3.05. The van der Waals surface area contributed by atoms with Crippen LogP contribution in [0.2, 0.25) is 0 Å². The van der Waals surface area contributed by atoms with Gasteiger partial charge in [0.25, 0.3) is 0 Å². The Morgan fingerprint density at radius 1 is 1.33 bits per heavy atom. The lowest BCUT2D eigenvalue weighted by Crippen LogP contribution is -1.75. The molecule has 0 aliphatic rings. The SMILES string of the molecule is [CH2]/C=C(/F)c1ccc(-c2ccccn2)s1. The topological polar surface area (TPSA) is 12.9 Å². The van der Waals surface area contributed by atoms with Crippen molar-refractivity contribution in [2.75, 3.05) is 0 Å². The zero-order valence-corrected chi connectivity index (χ0v) is 8.80. The van der Waals surface area contributed by atoms with E-state index in [1.165, 1.54) is 17.4 Å². The molecule has 2 rings (SSSR count). The summed E-state index contributed by atoms with van der Waals surface area (Å²) in [4.78, 5) is 5.75. The molecule has 75 valence electrons. The summed E-state index contributed by atoms with van der Waals surface area (Å²) in [5.41, 5.74) is 0.866. The van der Waals surface area contributed by atoms with Crippen LogP contribution >= 0.6 is 11.3 Å². The average molecular weight is 218 g/mol. The Morgan fingerprint density at radius 2 is 2.20 bits per heavy atom. The summed E-state index contributed by atoms with van der Waals surface area (Å²) in [7, 11) is 0. The number of halogens is 1. The Kier molecular flexibility index (Phi) is 2.92. The third-order valence-electron chi connectivity index (χ3n) is 1.94. The van der Waals surface area contributed by atoms with Gasteiger partial charge >= 0.3 is 0 Å². The van der Waals surface area contributed by atoms with E-state index in [0.717, 1.165) is 10.6 Å². The largest absolute Gasteiger partial charge is 0.255 e. The van der Waals surface area contributed by atoms with Gasteiger partial charge in [-0.05, 0) is 37.3 Å². The van der Waals surface area contributed by atoms with Gasteiger partial charge in [-0.2, -0.15) is 0 Å². The van der Waals surface area contributed by atoms with E-state index >= 15 is 0 Å². The van der Waals surface area contributed by atoms with Crippen molar-refractivity contribution < 1.29 is 4.39 Å². The quantitative estimate of drug-likeness (QED) is 0.743. The zero-order chi connectivity index (χ0) is 10.7. The first-order valence-corrected chi connectivity index (χ1v) is 5.29. The van der Waals surface area contributed by atoms with Crippen LogP contribution < -0.4 is 0 Å². The van der Waals surface area contributed by atoms with Crippen LogP contribution in [0.1, 0.15) is 4.88 Å².